The number of ether oxygens (including phenoxy) is 2. The van der Waals surface area contributed by atoms with E-state index in [0.717, 1.165) is 50.1 Å². The number of nitrogens with one attached hydrogen (secondary N) is 1. The molecule has 27 heavy (non-hydrogen) atoms. The van der Waals surface area contributed by atoms with Gasteiger partial charge in [-0.25, -0.2) is 0 Å². The van der Waals surface area contributed by atoms with Crippen molar-refractivity contribution in [3.8, 4) is 0 Å². The van der Waals surface area contributed by atoms with Gasteiger partial charge in [-0.15, -0.1) is 0 Å². The first-order valence-corrected chi connectivity index (χ1v) is 9.99. The molecule has 8 nitrogen and oxygen atoms in total. The van der Waals surface area contributed by atoms with Crippen molar-refractivity contribution in [1.29, 1.82) is 0 Å². The third kappa shape index (κ3) is 4.50. The van der Waals surface area contributed by atoms with Crippen molar-refractivity contribution in [2.75, 3.05) is 26.4 Å². The van der Waals surface area contributed by atoms with Crippen LogP contribution in [0.2, 0.25) is 0 Å². The maximum atomic E-state index is 12.4. The van der Waals surface area contributed by atoms with Crippen LogP contribution in [0, 0.1) is 5.92 Å². The molecule has 0 aromatic carbocycles. The maximum Gasteiger partial charge on any atom is 0.248 e. The van der Waals surface area contributed by atoms with E-state index in [2.05, 4.69) is 10.4 Å². The van der Waals surface area contributed by atoms with Gasteiger partial charge < -0.3 is 19.7 Å². The second-order valence-corrected chi connectivity index (χ2v) is 7.66. The average molecular weight is 376 g/mol. The van der Waals surface area contributed by atoms with Crippen LogP contribution in [0.1, 0.15) is 43.5 Å². The van der Waals surface area contributed by atoms with Gasteiger partial charge in [0.25, 0.3) is 0 Å². The van der Waals surface area contributed by atoms with Gasteiger partial charge in [-0.2, -0.15) is 5.10 Å². The second-order valence-electron chi connectivity index (χ2n) is 7.66. The summed E-state index contributed by atoms with van der Waals surface area (Å²) in [6.45, 7) is 3.66. The number of fused-ring (bicyclic) bond motifs is 1. The van der Waals surface area contributed by atoms with Crippen molar-refractivity contribution in [3.63, 3.8) is 0 Å². The molecular weight excluding hydrogens is 348 g/mol. The standard InChI is InChI=1S/C19H28N4O4/c24-18(13-26-12-17-5-2-8-27-17)22-6-7-23-16(11-22)9-15(21-23)10-20-19(25)14-3-1-4-14/h9,14,17H,1-8,10-13H2,(H,20,25)/t17-/m1/s1. The Kier molecular flexibility index (Phi) is 5.73. The molecule has 0 spiro atoms. The van der Waals surface area contributed by atoms with E-state index in [-0.39, 0.29) is 30.4 Å². The largest absolute Gasteiger partial charge is 0.376 e. The molecule has 148 valence electrons. The summed E-state index contributed by atoms with van der Waals surface area (Å²) in [5.74, 6) is 0.317. The van der Waals surface area contributed by atoms with Gasteiger partial charge in [0, 0.05) is 19.1 Å². The first-order valence-electron chi connectivity index (χ1n) is 9.99. The number of nitrogens with zero attached hydrogens (tertiary/aromatic N) is 3. The summed E-state index contributed by atoms with van der Waals surface area (Å²) in [6.07, 6.45) is 5.37. The Morgan fingerprint density at radius 1 is 1.26 bits per heavy atom. The van der Waals surface area contributed by atoms with Crippen LogP contribution in [0.15, 0.2) is 6.07 Å². The summed E-state index contributed by atoms with van der Waals surface area (Å²) in [5.41, 5.74) is 1.85. The quantitative estimate of drug-likeness (QED) is 0.762. The van der Waals surface area contributed by atoms with E-state index in [4.69, 9.17) is 9.47 Å². The summed E-state index contributed by atoms with van der Waals surface area (Å²) in [4.78, 5) is 26.2. The van der Waals surface area contributed by atoms with Crippen molar-refractivity contribution in [1.82, 2.24) is 20.0 Å². The number of carbonyl (C=O) groups excluding carboxylic acids is 2. The minimum atomic E-state index is 0.000262. The number of carbonyl (C=O) groups is 2. The molecule has 1 saturated carbocycles. The lowest BCUT2D eigenvalue weighted by molar-refractivity contribution is -0.138. The van der Waals surface area contributed by atoms with Gasteiger partial charge in [0.05, 0.1) is 43.7 Å². The molecule has 1 aromatic rings. The zero-order chi connectivity index (χ0) is 18.6. The van der Waals surface area contributed by atoms with Crippen LogP contribution >= 0.6 is 0 Å². The summed E-state index contributed by atoms with van der Waals surface area (Å²) < 4.78 is 13.0. The van der Waals surface area contributed by atoms with E-state index in [0.29, 0.717) is 32.8 Å². The van der Waals surface area contributed by atoms with Gasteiger partial charge in [0.1, 0.15) is 6.61 Å². The Labute approximate surface area is 159 Å². The fourth-order valence-corrected chi connectivity index (χ4v) is 3.76. The molecule has 1 aliphatic carbocycles. The SMILES string of the molecule is O=C(NCc1cc2n(n1)CCN(C(=O)COC[C@H]1CCCO1)C2)C1CCC1. The van der Waals surface area contributed by atoms with Gasteiger partial charge in [-0.1, -0.05) is 6.42 Å². The Hall–Kier alpha value is -1.93. The summed E-state index contributed by atoms with van der Waals surface area (Å²) >= 11 is 0. The highest BCUT2D eigenvalue weighted by atomic mass is 16.5. The smallest absolute Gasteiger partial charge is 0.248 e. The van der Waals surface area contributed by atoms with Crippen molar-refractivity contribution in [2.24, 2.45) is 5.92 Å². The van der Waals surface area contributed by atoms with E-state index in [1.54, 1.807) is 0 Å². The predicted octanol–water partition coefficient (Wildman–Crippen LogP) is 0.837. The molecule has 2 fully saturated rings. The number of rotatable bonds is 7. The molecule has 0 radical (unpaired) electrons. The van der Waals surface area contributed by atoms with Gasteiger partial charge in [-0.3, -0.25) is 14.3 Å². The molecule has 2 amide bonds. The lowest BCUT2D eigenvalue weighted by Crippen LogP contribution is -2.40. The Balaban J connectivity index is 1.23. The molecule has 8 heteroatoms. The van der Waals surface area contributed by atoms with Crippen LogP contribution in [0.25, 0.3) is 0 Å². The van der Waals surface area contributed by atoms with Gasteiger partial charge >= 0.3 is 0 Å². The normalized spacial score (nSPS) is 22.4. The molecule has 0 unspecified atom stereocenters. The van der Waals surface area contributed by atoms with E-state index in [1.165, 1.54) is 0 Å². The fraction of sp³-hybridized carbons (Fsp3) is 0.737. The number of hydrogen-bond acceptors (Lipinski definition) is 5. The highest BCUT2D eigenvalue weighted by molar-refractivity contribution is 5.79. The lowest BCUT2D eigenvalue weighted by atomic mass is 9.85. The zero-order valence-corrected chi connectivity index (χ0v) is 15.7. The number of hydrogen-bond donors (Lipinski definition) is 1. The van der Waals surface area contributed by atoms with Gasteiger partial charge in [0.15, 0.2) is 0 Å². The first-order chi connectivity index (χ1) is 13.2. The monoisotopic (exact) mass is 376 g/mol. The predicted molar refractivity (Wildman–Crippen MR) is 96.6 cm³/mol. The number of aromatic nitrogens is 2. The molecule has 3 heterocycles. The van der Waals surface area contributed by atoms with E-state index >= 15 is 0 Å². The summed E-state index contributed by atoms with van der Waals surface area (Å²) in [6, 6.07) is 1.98. The second kappa shape index (κ2) is 8.39. The third-order valence-electron chi connectivity index (χ3n) is 5.67. The lowest BCUT2D eigenvalue weighted by Gasteiger charge is -2.27. The highest BCUT2D eigenvalue weighted by Gasteiger charge is 2.26. The van der Waals surface area contributed by atoms with Crippen molar-refractivity contribution >= 4 is 11.8 Å². The van der Waals surface area contributed by atoms with Crippen LogP contribution in [-0.2, 0) is 38.7 Å². The van der Waals surface area contributed by atoms with Crippen molar-refractivity contribution in [3.05, 3.63) is 17.5 Å². The molecule has 4 rings (SSSR count). The Morgan fingerprint density at radius 3 is 2.89 bits per heavy atom. The van der Waals surface area contributed by atoms with Crippen LogP contribution in [0.5, 0.6) is 0 Å². The molecule has 1 atom stereocenters. The van der Waals surface area contributed by atoms with E-state index in [1.807, 2.05) is 15.6 Å². The molecular formula is C19H28N4O4. The fourth-order valence-electron chi connectivity index (χ4n) is 3.76. The molecule has 1 saturated heterocycles. The molecule has 1 aromatic heterocycles. The Bertz CT molecular complexity index is 679. The molecule has 1 N–H and O–H groups in total. The minimum Gasteiger partial charge on any atom is -0.376 e. The third-order valence-corrected chi connectivity index (χ3v) is 5.67. The Morgan fingerprint density at radius 2 is 2.15 bits per heavy atom. The molecule has 2 aliphatic heterocycles. The zero-order valence-electron chi connectivity index (χ0n) is 15.7. The van der Waals surface area contributed by atoms with Crippen molar-refractivity contribution in [2.45, 2.75) is 57.8 Å². The molecule has 3 aliphatic rings. The van der Waals surface area contributed by atoms with E-state index < -0.39 is 0 Å². The van der Waals surface area contributed by atoms with Crippen LogP contribution in [0.4, 0.5) is 0 Å². The van der Waals surface area contributed by atoms with Crippen molar-refractivity contribution < 1.29 is 19.1 Å². The number of amides is 2. The van der Waals surface area contributed by atoms with Gasteiger partial charge in [0.2, 0.25) is 11.8 Å². The minimum absolute atomic E-state index is 0.000262. The van der Waals surface area contributed by atoms with Crippen LogP contribution in [-0.4, -0.2) is 59.0 Å². The summed E-state index contributed by atoms with van der Waals surface area (Å²) in [5, 5.41) is 7.52. The first kappa shape index (κ1) is 18.4. The summed E-state index contributed by atoms with van der Waals surface area (Å²) in [7, 11) is 0. The van der Waals surface area contributed by atoms with E-state index in [9.17, 15) is 9.59 Å². The molecule has 0 bridgehead atoms. The van der Waals surface area contributed by atoms with Crippen LogP contribution < -0.4 is 5.32 Å². The van der Waals surface area contributed by atoms with Crippen LogP contribution in [0.3, 0.4) is 0 Å². The maximum absolute atomic E-state index is 12.4. The van der Waals surface area contributed by atoms with Gasteiger partial charge in [-0.05, 0) is 31.7 Å². The highest BCUT2D eigenvalue weighted by Crippen LogP contribution is 2.26. The average Bonchev–Trinajstić information content (AvgIpc) is 3.26. The topological polar surface area (TPSA) is 85.7 Å².